The molecule has 0 amide bonds. The predicted octanol–water partition coefficient (Wildman–Crippen LogP) is 20.9. The second-order valence-electron chi connectivity index (χ2n) is 20.6. The second-order valence-corrected chi connectivity index (χ2v) is 20.6. The van der Waals surface area contributed by atoms with Gasteiger partial charge in [-0.2, -0.15) is 0 Å². The molecule has 0 aliphatic carbocycles. The molecule has 0 aromatic rings. The fraction of sp³-hybridized carbons (Fsp3) is 0.773. The van der Waals surface area contributed by atoms with Gasteiger partial charge < -0.3 is 14.2 Å². The van der Waals surface area contributed by atoms with Crippen LogP contribution in [0.4, 0.5) is 0 Å². The van der Waals surface area contributed by atoms with E-state index >= 15 is 0 Å². The number of esters is 3. The normalized spacial score (nSPS) is 12.5. The van der Waals surface area contributed by atoms with Gasteiger partial charge in [0.2, 0.25) is 0 Å². The van der Waals surface area contributed by atoms with Crippen molar-refractivity contribution in [1.82, 2.24) is 0 Å². The molecule has 0 fully saturated rings. The molecule has 0 saturated carbocycles. The summed E-state index contributed by atoms with van der Waals surface area (Å²) in [6, 6.07) is 0. The standard InChI is InChI=1S/C66H116O6/c1-4-7-10-13-16-19-22-25-28-30-32-33-35-36-38-41-44-47-50-53-56-59-65(68)71-62-63(61-70-64(67)58-55-52-49-46-43-40-27-24-21-18-15-12-9-6-3)72-66(69)60-57-54-51-48-45-42-39-37-34-31-29-26-23-20-17-14-11-8-5-2/h8,11,17,20,24,26-27,29-30,32,34,37,63H,4-7,9-10,12-16,18-19,21-23,25,28,31,33,35-36,38-62H2,1-3H3/b11-8-,20-17-,27-24-,29-26-,32-30-,37-34-. The first-order chi connectivity index (χ1) is 35.5. The van der Waals surface area contributed by atoms with Crippen LogP contribution in [0, 0.1) is 0 Å². The van der Waals surface area contributed by atoms with Gasteiger partial charge in [0.1, 0.15) is 13.2 Å². The molecule has 0 heterocycles. The van der Waals surface area contributed by atoms with Crippen molar-refractivity contribution in [3.05, 3.63) is 72.9 Å². The van der Waals surface area contributed by atoms with Crippen molar-refractivity contribution < 1.29 is 28.6 Å². The molecule has 0 rings (SSSR count). The molecule has 6 heteroatoms. The van der Waals surface area contributed by atoms with Crippen molar-refractivity contribution in [3.63, 3.8) is 0 Å². The molecule has 0 saturated heterocycles. The monoisotopic (exact) mass is 1000 g/mol. The average Bonchev–Trinajstić information content (AvgIpc) is 3.38. The van der Waals surface area contributed by atoms with Crippen molar-refractivity contribution in [2.75, 3.05) is 13.2 Å². The van der Waals surface area contributed by atoms with Crippen LogP contribution in [0.3, 0.4) is 0 Å². The van der Waals surface area contributed by atoms with Crippen molar-refractivity contribution in [3.8, 4) is 0 Å². The zero-order valence-corrected chi connectivity index (χ0v) is 47.7. The highest BCUT2D eigenvalue weighted by Crippen LogP contribution is 2.16. The van der Waals surface area contributed by atoms with Crippen LogP contribution in [-0.4, -0.2) is 37.2 Å². The lowest BCUT2D eigenvalue weighted by atomic mass is 10.1. The third-order valence-electron chi connectivity index (χ3n) is 13.4. The van der Waals surface area contributed by atoms with Crippen LogP contribution in [0.5, 0.6) is 0 Å². The number of hydrogen-bond acceptors (Lipinski definition) is 6. The van der Waals surface area contributed by atoms with Crippen LogP contribution in [0.2, 0.25) is 0 Å². The molecule has 0 radical (unpaired) electrons. The minimum Gasteiger partial charge on any atom is -0.462 e. The minimum absolute atomic E-state index is 0.0838. The molecule has 1 atom stereocenters. The molecule has 0 aromatic heterocycles. The highest BCUT2D eigenvalue weighted by Gasteiger charge is 2.19. The van der Waals surface area contributed by atoms with Gasteiger partial charge in [0.25, 0.3) is 0 Å². The summed E-state index contributed by atoms with van der Waals surface area (Å²) < 4.78 is 16.9. The van der Waals surface area contributed by atoms with E-state index in [1.807, 2.05) is 0 Å². The van der Waals surface area contributed by atoms with Crippen molar-refractivity contribution in [2.45, 2.75) is 316 Å². The number of carbonyl (C=O) groups excluding carboxylic acids is 3. The van der Waals surface area contributed by atoms with Gasteiger partial charge in [-0.3, -0.25) is 14.4 Å². The summed E-state index contributed by atoms with van der Waals surface area (Å²) in [5.41, 5.74) is 0. The summed E-state index contributed by atoms with van der Waals surface area (Å²) in [7, 11) is 0. The van der Waals surface area contributed by atoms with Gasteiger partial charge in [0, 0.05) is 19.3 Å². The molecule has 0 aliphatic rings. The van der Waals surface area contributed by atoms with Gasteiger partial charge in [-0.05, 0) is 109 Å². The van der Waals surface area contributed by atoms with E-state index in [0.717, 1.165) is 103 Å². The van der Waals surface area contributed by atoms with Crippen LogP contribution in [-0.2, 0) is 28.6 Å². The van der Waals surface area contributed by atoms with Crippen LogP contribution in [0.15, 0.2) is 72.9 Å². The fourth-order valence-electron chi connectivity index (χ4n) is 8.78. The molecule has 0 aromatic carbocycles. The fourth-order valence-corrected chi connectivity index (χ4v) is 8.78. The first-order valence-corrected chi connectivity index (χ1v) is 30.9. The number of hydrogen-bond donors (Lipinski definition) is 0. The van der Waals surface area contributed by atoms with E-state index in [9.17, 15) is 14.4 Å². The van der Waals surface area contributed by atoms with Crippen LogP contribution >= 0.6 is 0 Å². The van der Waals surface area contributed by atoms with Gasteiger partial charge in [-0.15, -0.1) is 0 Å². The summed E-state index contributed by atoms with van der Waals surface area (Å²) in [4.78, 5) is 38.3. The molecule has 0 N–H and O–H groups in total. The largest absolute Gasteiger partial charge is 0.462 e. The Morgan fingerprint density at radius 2 is 0.542 bits per heavy atom. The molecular weight excluding hydrogens is 889 g/mol. The van der Waals surface area contributed by atoms with E-state index in [-0.39, 0.29) is 31.1 Å². The van der Waals surface area contributed by atoms with Crippen molar-refractivity contribution >= 4 is 17.9 Å². The topological polar surface area (TPSA) is 78.9 Å². The maximum Gasteiger partial charge on any atom is 0.306 e. The Labute approximate surface area is 446 Å². The molecule has 0 bridgehead atoms. The van der Waals surface area contributed by atoms with Crippen molar-refractivity contribution in [1.29, 1.82) is 0 Å². The van der Waals surface area contributed by atoms with Gasteiger partial charge in [-0.1, -0.05) is 254 Å². The lowest BCUT2D eigenvalue weighted by Crippen LogP contribution is -2.30. The van der Waals surface area contributed by atoms with Crippen LogP contribution in [0.25, 0.3) is 0 Å². The Morgan fingerprint density at radius 1 is 0.292 bits per heavy atom. The third kappa shape index (κ3) is 57.7. The molecular formula is C66H116O6. The number of carbonyl (C=O) groups is 3. The lowest BCUT2D eigenvalue weighted by molar-refractivity contribution is -0.167. The summed E-state index contributed by atoms with van der Waals surface area (Å²) >= 11 is 0. The number of allylic oxidation sites excluding steroid dienone is 12. The minimum atomic E-state index is -0.788. The first-order valence-electron chi connectivity index (χ1n) is 30.9. The maximum atomic E-state index is 12.9. The third-order valence-corrected chi connectivity index (χ3v) is 13.4. The van der Waals surface area contributed by atoms with Crippen LogP contribution < -0.4 is 0 Å². The van der Waals surface area contributed by atoms with Crippen LogP contribution in [0.1, 0.15) is 310 Å². The van der Waals surface area contributed by atoms with Crippen molar-refractivity contribution in [2.24, 2.45) is 0 Å². The zero-order chi connectivity index (χ0) is 52.2. The van der Waals surface area contributed by atoms with E-state index in [1.54, 1.807) is 0 Å². The number of ether oxygens (including phenoxy) is 3. The lowest BCUT2D eigenvalue weighted by Gasteiger charge is -2.18. The highest BCUT2D eigenvalue weighted by atomic mass is 16.6. The summed E-state index contributed by atoms with van der Waals surface area (Å²) in [6.45, 7) is 6.53. The molecule has 0 aliphatic heterocycles. The predicted molar refractivity (Wildman–Crippen MR) is 311 cm³/mol. The van der Waals surface area contributed by atoms with E-state index in [1.165, 1.54) is 167 Å². The summed E-state index contributed by atoms with van der Waals surface area (Å²) in [5, 5.41) is 0. The highest BCUT2D eigenvalue weighted by molar-refractivity contribution is 5.71. The number of unbranched alkanes of at least 4 members (excludes halogenated alkanes) is 33. The smallest absolute Gasteiger partial charge is 0.306 e. The Hall–Kier alpha value is -3.15. The Kier molecular flexibility index (Phi) is 57.8. The quantitative estimate of drug-likeness (QED) is 0.0261. The van der Waals surface area contributed by atoms with E-state index in [2.05, 4.69) is 93.7 Å². The van der Waals surface area contributed by atoms with E-state index < -0.39 is 6.10 Å². The van der Waals surface area contributed by atoms with E-state index in [0.29, 0.717) is 19.3 Å². The summed E-state index contributed by atoms with van der Waals surface area (Å²) in [6.07, 6.45) is 77.5. The zero-order valence-electron chi connectivity index (χ0n) is 47.7. The van der Waals surface area contributed by atoms with Gasteiger partial charge in [0.05, 0.1) is 0 Å². The van der Waals surface area contributed by atoms with Gasteiger partial charge in [-0.25, -0.2) is 0 Å². The van der Waals surface area contributed by atoms with Gasteiger partial charge >= 0.3 is 17.9 Å². The SMILES string of the molecule is CC/C=C\C/C=C\C/C=C\C/C=C\CCCCCCCCC(=O)OC(COC(=O)CCCCCCC/C=C\CCCCCCC)COC(=O)CCCCCCCCCCC/C=C\CCCCCCCCCC. The first kappa shape index (κ1) is 68.8. The molecule has 416 valence electrons. The summed E-state index contributed by atoms with van der Waals surface area (Å²) in [5.74, 6) is -0.897. The Bertz CT molecular complexity index is 1340. The molecule has 72 heavy (non-hydrogen) atoms. The molecule has 6 nitrogen and oxygen atoms in total. The molecule has 1 unspecified atom stereocenters. The number of rotatable bonds is 56. The van der Waals surface area contributed by atoms with E-state index in [4.69, 9.17) is 14.2 Å². The average molecular weight is 1010 g/mol. The Morgan fingerprint density at radius 3 is 0.861 bits per heavy atom. The maximum absolute atomic E-state index is 12.9. The molecule has 0 spiro atoms. The Balaban J connectivity index is 4.38. The van der Waals surface area contributed by atoms with Gasteiger partial charge in [0.15, 0.2) is 6.10 Å². The second kappa shape index (κ2) is 60.4.